The summed E-state index contributed by atoms with van der Waals surface area (Å²) in [5.74, 6) is 0.299. The van der Waals surface area contributed by atoms with Crippen LogP contribution in [0.2, 0.25) is 0 Å². The average molecular weight is 491 g/mol. The van der Waals surface area contributed by atoms with Crippen LogP contribution in [-0.4, -0.2) is 46.2 Å². The number of nitrogens with one attached hydrogen (secondary N) is 1. The fraction of sp³-hybridized carbons (Fsp3) is 0.414. The van der Waals surface area contributed by atoms with Crippen molar-refractivity contribution in [3.8, 4) is 5.69 Å². The van der Waals surface area contributed by atoms with E-state index in [2.05, 4.69) is 26.1 Å². The van der Waals surface area contributed by atoms with Gasteiger partial charge in [-0.05, 0) is 36.1 Å². The van der Waals surface area contributed by atoms with E-state index in [1.54, 1.807) is 9.58 Å². The van der Waals surface area contributed by atoms with Crippen molar-refractivity contribution in [3.63, 3.8) is 0 Å². The van der Waals surface area contributed by atoms with Crippen molar-refractivity contribution in [2.45, 2.75) is 53.6 Å². The molecule has 0 aliphatic heterocycles. The van der Waals surface area contributed by atoms with E-state index in [-0.39, 0.29) is 36.3 Å². The smallest absolute Gasteiger partial charge is 0.249 e. The Morgan fingerprint density at radius 1 is 1.06 bits per heavy atom. The molecule has 0 spiro atoms. The molecular weight excluding hydrogens is 452 g/mol. The summed E-state index contributed by atoms with van der Waals surface area (Å²) in [7, 11) is 0. The largest absolute Gasteiger partial charge is 0.367 e. The van der Waals surface area contributed by atoms with Crippen LogP contribution in [0.1, 0.15) is 51.4 Å². The van der Waals surface area contributed by atoms with Crippen molar-refractivity contribution in [3.05, 3.63) is 77.5 Å². The van der Waals surface area contributed by atoms with Crippen LogP contribution in [0.3, 0.4) is 0 Å². The standard InChI is InChI=1S/C29H38N4O3/c1-21(2)17-32(28(35)20-36-19-23-12-8-7-9-13-23)18-27(34)30-26-16-25(29(4,5)6)31-33(26)24-14-10-11-22(3)15-24/h7-16,21H,17-20H2,1-6H3,(H,30,34). The normalized spacial score (nSPS) is 11.5. The van der Waals surface area contributed by atoms with Gasteiger partial charge in [0.05, 0.1) is 24.5 Å². The number of rotatable bonds is 10. The number of ether oxygens (including phenoxy) is 1. The van der Waals surface area contributed by atoms with Crippen LogP contribution in [0.25, 0.3) is 5.69 Å². The number of nitrogens with zero attached hydrogens (tertiary/aromatic N) is 3. The van der Waals surface area contributed by atoms with Gasteiger partial charge in [0.1, 0.15) is 12.4 Å². The van der Waals surface area contributed by atoms with Crippen LogP contribution in [0.4, 0.5) is 5.82 Å². The van der Waals surface area contributed by atoms with Gasteiger partial charge >= 0.3 is 0 Å². The molecule has 36 heavy (non-hydrogen) atoms. The van der Waals surface area contributed by atoms with Crippen molar-refractivity contribution < 1.29 is 14.3 Å². The Hall–Kier alpha value is -3.45. The molecule has 0 aliphatic rings. The summed E-state index contributed by atoms with van der Waals surface area (Å²) < 4.78 is 7.39. The summed E-state index contributed by atoms with van der Waals surface area (Å²) in [6.45, 7) is 13.0. The molecule has 1 heterocycles. The number of anilines is 1. The first-order valence-corrected chi connectivity index (χ1v) is 12.4. The van der Waals surface area contributed by atoms with Crippen molar-refractivity contribution in [2.75, 3.05) is 25.0 Å². The molecule has 1 aromatic heterocycles. The van der Waals surface area contributed by atoms with E-state index in [9.17, 15) is 9.59 Å². The summed E-state index contributed by atoms with van der Waals surface area (Å²) in [6.07, 6.45) is 0. The van der Waals surface area contributed by atoms with Gasteiger partial charge in [-0.2, -0.15) is 5.10 Å². The van der Waals surface area contributed by atoms with E-state index in [1.807, 2.05) is 81.4 Å². The third kappa shape index (κ3) is 7.78. The first-order valence-electron chi connectivity index (χ1n) is 12.4. The molecule has 2 amide bonds. The van der Waals surface area contributed by atoms with Gasteiger partial charge in [-0.3, -0.25) is 9.59 Å². The molecule has 3 aromatic rings. The molecule has 7 heteroatoms. The fourth-order valence-electron chi connectivity index (χ4n) is 3.77. The predicted molar refractivity (Wildman–Crippen MR) is 143 cm³/mol. The maximum absolute atomic E-state index is 13.1. The molecule has 0 aliphatic carbocycles. The molecule has 2 aromatic carbocycles. The molecule has 0 saturated carbocycles. The first-order chi connectivity index (χ1) is 17.0. The number of aryl methyl sites for hydroxylation is 1. The average Bonchev–Trinajstić information content (AvgIpc) is 3.23. The van der Waals surface area contributed by atoms with Gasteiger partial charge in [-0.1, -0.05) is 77.1 Å². The number of amides is 2. The highest BCUT2D eigenvalue weighted by Gasteiger charge is 2.23. The van der Waals surface area contributed by atoms with E-state index in [4.69, 9.17) is 9.84 Å². The molecule has 0 bridgehead atoms. The Kier molecular flexibility index (Phi) is 9.04. The highest BCUT2D eigenvalue weighted by atomic mass is 16.5. The molecule has 0 saturated heterocycles. The van der Waals surface area contributed by atoms with Gasteiger partial charge in [0.15, 0.2) is 0 Å². The first kappa shape index (κ1) is 27.1. The zero-order valence-corrected chi connectivity index (χ0v) is 22.2. The van der Waals surface area contributed by atoms with Crippen LogP contribution < -0.4 is 5.32 Å². The Labute approximate surface area is 214 Å². The second-order valence-corrected chi connectivity index (χ2v) is 10.6. The van der Waals surface area contributed by atoms with Gasteiger partial charge in [-0.15, -0.1) is 0 Å². The molecule has 0 radical (unpaired) electrons. The summed E-state index contributed by atoms with van der Waals surface area (Å²) >= 11 is 0. The summed E-state index contributed by atoms with van der Waals surface area (Å²) in [5, 5.41) is 7.77. The van der Waals surface area contributed by atoms with Gasteiger partial charge in [0.25, 0.3) is 0 Å². The Morgan fingerprint density at radius 2 is 1.78 bits per heavy atom. The maximum Gasteiger partial charge on any atom is 0.249 e. The summed E-state index contributed by atoms with van der Waals surface area (Å²) in [4.78, 5) is 27.6. The highest BCUT2D eigenvalue weighted by Crippen LogP contribution is 2.26. The van der Waals surface area contributed by atoms with E-state index in [0.29, 0.717) is 19.0 Å². The molecule has 7 nitrogen and oxygen atoms in total. The SMILES string of the molecule is Cc1cccc(-n2nc(C(C)(C)C)cc2NC(=O)CN(CC(C)C)C(=O)COCc2ccccc2)c1. The summed E-state index contributed by atoms with van der Waals surface area (Å²) in [5.41, 5.74) is 3.64. The van der Waals surface area contributed by atoms with Gasteiger partial charge in [0.2, 0.25) is 11.8 Å². The molecule has 3 rings (SSSR count). The lowest BCUT2D eigenvalue weighted by atomic mass is 9.92. The Balaban J connectivity index is 1.72. The zero-order valence-electron chi connectivity index (χ0n) is 22.2. The lowest BCUT2D eigenvalue weighted by molar-refractivity contribution is -0.139. The number of hydrogen-bond acceptors (Lipinski definition) is 4. The molecule has 0 unspecified atom stereocenters. The monoisotopic (exact) mass is 490 g/mol. The van der Waals surface area contributed by atoms with Crippen molar-refractivity contribution in [1.82, 2.24) is 14.7 Å². The van der Waals surface area contributed by atoms with Crippen LogP contribution in [-0.2, 0) is 26.3 Å². The molecule has 192 valence electrons. The van der Waals surface area contributed by atoms with Gasteiger partial charge < -0.3 is 15.0 Å². The number of benzene rings is 2. The van der Waals surface area contributed by atoms with Crippen molar-refractivity contribution in [2.24, 2.45) is 5.92 Å². The lowest BCUT2D eigenvalue weighted by Crippen LogP contribution is -2.42. The number of aromatic nitrogens is 2. The highest BCUT2D eigenvalue weighted by molar-refractivity contribution is 5.94. The molecular formula is C29H38N4O3. The van der Waals surface area contributed by atoms with Crippen molar-refractivity contribution >= 4 is 17.6 Å². The number of carbonyl (C=O) groups is 2. The summed E-state index contributed by atoms with van der Waals surface area (Å²) in [6, 6.07) is 19.6. The lowest BCUT2D eigenvalue weighted by Gasteiger charge is -2.24. The van der Waals surface area contributed by atoms with Crippen LogP contribution in [0.5, 0.6) is 0 Å². The molecule has 0 atom stereocenters. The fourth-order valence-corrected chi connectivity index (χ4v) is 3.77. The topological polar surface area (TPSA) is 76.5 Å². The van der Waals surface area contributed by atoms with Crippen LogP contribution in [0.15, 0.2) is 60.7 Å². The predicted octanol–water partition coefficient (Wildman–Crippen LogP) is 5.12. The zero-order chi connectivity index (χ0) is 26.3. The number of hydrogen-bond donors (Lipinski definition) is 1. The second kappa shape index (κ2) is 12.0. The van der Waals surface area contributed by atoms with E-state index >= 15 is 0 Å². The van der Waals surface area contributed by atoms with E-state index < -0.39 is 0 Å². The maximum atomic E-state index is 13.1. The third-order valence-corrected chi connectivity index (χ3v) is 5.60. The minimum atomic E-state index is -0.277. The third-order valence-electron chi connectivity index (χ3n) is 5.60. The second-order valence-electron chi connectivity index (χ2n) is 10.6. The van der Waals surface area contributed by atoms with E-state index in [1.165, 1.54) is 0 Å². The Bertz CT molecular complexity index is 1160. The minimum absolute atomic E-state index is 0.0600. The number of carbonyl (C=O) groups excluding carboxylic acids is 2. The van der Waals surface area contributed by atoms with Crippen LogP contribution in [0, 0.1) is 12.8 Å². The Morgan fingerprint density at radius 3 is 2.42 bits per heavy atom. The van der Waals surface area contributed by atoms with Crippen molar-refractivity contribution in [1.29, 1.82) is 0 Å². The van der Waals surface area contributed by atoms with Gasteiger partial charge in [-0.25, -0.2) is 4.68 Å². The van der Waals surface area contributed by atoms with Gasteiger partial charge in [0, 0.05) is 18.0 Å². The van der Waals surface area contributed by atoms with E-state index in [0.717, 1.165) is 22.5 Å². The molecule has 0 fully saturated rings. The van der Waals surface area contributed by atoms with Crippen LogP contribution >= 0.6 is 0 Å². The minimum Gasteiger partial charge on any atom is -0.367 e. The quantitative estimate of drug-likeness (QED) is 0.428. The molecule has 1 N–H and O–H groups in total.